The Morgan fingerprint density at radius 2 is 1.78 bits per heavy atom. The maximum Gasteiger partial charge on any atom is 0.243 e. The number of benzene rings is 1. The van der Waals surface area contributed by atoms with Crippen LogP contribution in [0.15, 0.2) is 30.3 Å². The zero-order chi connectivity index (χ0) is 16.1. The van der Waals surface area contributed by atoms with Gasteiger partial charge in [-0.05, 0) is 38.5 Å². The zero-order valence-electron chi connectivity index (χ0n) is 14.1. The lowest BCUT2D eigenvalue weighted by Gasteiger charge is -2.43. The highest BCUT2D eigenvalue weighted by Gasteiger charge is 2.41. The number of carbonyl (C=O) groups is 1. The molecule has 5 nitrogen and oxygen atoms in total. The molecule has 2 aliphatic heterocycles. The fourth-order valence-electron chi connectivity index (χ4n) is 3.68. The minimum Gasteiger partial charge on any atom is -0.339 e. The van der Waals surface area contributed by atoms with Crippen LogP contribution in [0, 0.1) is 0 Å². The van der Waals surface area contributed by atoms with Gasteiger partial charge in [0.25, 0.3) is 0 Å². The normalized spacial score (nSPS) is 22.0. The van der Waals surface area contributed by atoms with Crippen LogP contribution < -0.4 is 10.6 Å². The van der Waals surface area contributed by atoms with Crippen LogP contribution in [0.25, 0.3) is 0 Å². The molecule has 2 heterocycles. The summed E-state index contributed by atoms with van der Waals surface area (Å²) in [6.45, 7) is 6.40. The van der Waals surface area contributed by atoms with Gasteiger partial charge in [-0.15, -0.1) is 0 Å². The van der Waals surface area contributed by atoms with Crippen LogP contribution in [-0.2, 0) is 11.3 Å². The molecule has 0 radical (unpaired) electrons. The summed E-state index contributed by atoms with van der Waals surface area (Å²) in [5.41, 5.74) is 0.990. The molecule has 0 aliphatic carbocycles. The molecule has 5 heteroatoms. The van der Waals surface area contributed by atoms with E-state index in [1.165, 1.54) is 5.56 Å². The number of nitrogens with zero attached hydrogens (tertiary/aromatic N) is 2. The van der Waals surface area contributed by atoms with Crippen molar-refractivity contribution >= 4 is 5.91 Å². The van der Waals surface area contributed by atoms with Gasteiger partial charge in [0.15, 0.2) is 0 Å². The topological polar surface area (TPSA) is 47.6 Å². The molecule has 2 fully saturated rings. The number of nitrogens with one attached hydrogen (secondary N) is 2. The quantitative estimate of drug-likeness (QED) is 0.857. The van der Waals surface area contributed by atoms with Crippen molar-refractivity contribution in [2.45, 2.75) is 24.9 Å². The largest absolute Gasteiger partial charge is 0.339 e. The van der Waals surface area contributed by atoms with E-state index in [0.717, 1.165) is 58.7 Å². The van der Waals surface area contributed by atoms with Gasteiger partial charge in [-0.25, -0.2) is 0 Å². The van der Waals surface area contributed by atoms with Crippen LogP contribution in [0.5, 0.6) is 0 Å². The van der Waals surface area contributed by atoms with Crippen molar-refractivity contribution in [1.29, 1.82) is 0 Å². The van der Waals surface area contributed by atoms with Crippen molar-refractivity contribution < 1.29 is 4.79 Å². The van der Waals surface area contributed by atoms with Crippen molar-refractivity contribution in [2.75, 3.05) is 46.3 Å². The molecular formula is C18H28N4O. The highest BCUT2D eigenvalue weighted by Crippen LogP contribution is 2.22. The fraction of sp³-hybridized carbons (Fsp3) is 0.611. The first kappa shape index (κ1) is 16.4. The Kier molecular flexibility index (Phi) is 5.30. The number of piperazine rings is 1. The monoisotopic (exact) mass is 316 g/mol. The maximum absolute atomic E-state index is 13.0. The Balaban J connectivity index is 1.55. The predicted molar refractivity (Wildman–Crippen MR) is 92.2 cm³/mol. The fourth-order valence-corrected chi connectivity index (χ4v) is 3.68. The summed E-state index contributed by atoms with van der Waals surface area (Å²) in [4.78, 5) is 17.5. The second kappa shape index (κ2) is 7.43. The Labute approximate surface area is 139 Å². The molecular weight excluding hydrogens is 288 g/mol. The Bertz CT molecular complexity index is 505. The van der Waals surface area contributed by atoms with Gasteiger partial charge < -0.3 is 15.5 Å². The summed E-state index contributed by atoms with van der Waals surface area (Å²) in [7, 11) is 1.93. The SMILES string of the molecule is CNC1(C(=O)N2CCN(Cc3ccccc3)CC2)CCNCC1. The molecule has 23 heavy (non-hydrogen) atoms. The molecule has 1 amide bonds. The van der Waals surface area contributed by atoms with Gasteiger partial charge in [0, 0.05) is 32.7 Å². The maximum atomic E-state index is 13.0. The zero-order valence-corrected chi connectivity index (χ0v) is 14.1. The summed E-state index contributed by atoms with van der Waals surface area (Å²) < 4.78 is 0. The van der Waals surface area contributed by atoms with Gasteiger partial charge in [-0.1, -0.05) is 30.3 Å². The van der Waals surface area contributed by atoms with Crippen molar-refractivity contribution in [2.24, 2.45) is 0 Å². The lowest BCUT2D eigenvalue weighted by Crippen LogP contribution is -2.63. The molecule has 2 N–H and O–H groups in total. The van der Waals surface area contributed by atoms with E-state index in [4.69, 9.17) is 0 Å². The van der Waals surface area contributed by atoms with Crippen molar-refractivity contribution in [3.8, 4) is 0 Å². The summed E-state index contributed by atoms with van der Waals surface area (Å²) in [6, 6.07) is 10.6. The first-order chi connectivity index (χ1) is 11.2. The molecule has 0 unspecified atom stereocenters. The second-order valence-corrected chi connectivity index (χ2v) is 6.64. The van der Waals surface area contributed by atoms with Gasteiger partial charge in [-0.3, -0.25) is 9.69 Å². The van der Waals surface area contributed by atoms with E-state index in [0.29, 0.717) is 5.91 Å². The summed E-state index contributed by atoms with van der Waals surface area (Å²) in [5.74, 6) is 0.292. The lowest BCUT2D eigenvalue weighted by atomic mass is 9.86. The van der Waals surface area contributed by atoms with Gasteiger partial charge >= 0.3 is 0 Å². The number of hydrogen-bond acceptors (Lipinski definition) is 4. The minimum atomic E-state index is -0.354. The molecule has 1 aromatic carbocycles. The number of amides is 1. The van der Waals surface area contributed by atoms with E-state index in [9.17, 15) is 4.79 Å². The first-order valence-electron chi connectivity index (χ1n) is 8.69. The van der Waals surface area contributed by atoms with E-state index >= 15 is 0 Å². The Morgan fingerprint density at radius 3 is 2.39 bits per heavy atom. The Morgan fingerprint density at radius 1 is 1.13 bits per heavy atom. The molecule has 3 rings (SSSR count). The number of piperidine rings is 1. The van der Waals surface area contributed by atoms with Crippen molar-refractivity contribution in [3.05, 3.63) is 35.9 Å². The van der Waals surface area contributed by atoms with E-state index < -0.39 is 0 Å². The van der Waals surface area contributed by atoms with Gasteiger partial charge in [0.05, 0.1) is 0 Å². The third-order valence-electron chi connectivity index (χ3n) is 5.25. The molecule has 2 aliphatic rings. The van der Waals surface area contributed by atoms with Crippen LogP contribution in [0.3, 0.4) is 0 Å². The predicted octanol–water partition coefficient (Wildman–Crippen LogP) is 0.672. The van der Waals surface area contributed by atoms with E-state index in [2.05, 4.69) is 50.8 Å². The van der Waals surface area contributed by atoms with E-state index in [1.807, 2.05) is 7.05 Å². The van der Waals surface area contributed by atoms with E-state index in [1.54, 1.807) is 0 Å². The molecule has 0 atom stereocenters. The molecule has 0 spiro atoms. The van der Waals surface area contributed by atoms with E-state index in [-0.39, 0.29) is 5.54 Å². The van der Waals surface area contributed by atoms with Crippen LogP contribution >= 0.6 is 0 Å². The van der Waals surface area contributed by atoms with Gasteiger partial charge in [0.2, 0.25) is 5.91 Å². The number of hydrogen-bond donors (Lipinski definition) is 2. The average Bonchev–Trinajstić information content (AvgIpc) is 2.63. The van der Waals surface area contributed by atoms with Crippen LogP contribution in [0.2, 0.25) is 0 Å². The molecule has 0 saturated carbocycles. The Hall–Kier alpha value is -1.43. The third kappa shape index (κ3) is 3.74. The standard InChI is InChI=1S/C18H28N4O/c1-19-18(7-9-20-10-8-18)17(23)22-13-11-21(12-14-22)15-16-5-3-2-4-6-16/h2-6,19-20H,7-15H2,1H3. The van der Waals surface area contributed by atoms with Crippen LogP contribution in [0.1, 0.15) is 18.4 Å². The van der Waals surface area contributed by atoms with Crippen LogP contribution in [0.4, 0.5) is 0 Å². The average molecular weight is 316 g/mol. The number of likely N-dealkylation sites (N-methyl/N-ethyl adjacent to an activating group) is 1. The first-order valence-corrected chi connectivity index (χ1v) is 8.69. The minimum absolute atomic E-state index is 0.292. The molecule has 2 saturated heterocycles. The molecule has 0 aromatic heterocycles. The van der Waals surface area contributed by atoms with Crippen molar-refractivity contribution in [3.63, 3.8) is 0 Å². The molecule has 1 aromatic rings. The summed E-state index contributed by atoms with van der Waals surface area (Å²) in [5, 5.41) is 6.67. The van der Waals surface area contributed by atoms with Gasteiger partial charge in [-0.2, -0.15) is 0 Å². The smallest absolute Gasteiger partial charge is 0.243 e. The number of rotatable bonds is 4. The highest BCUT2D eigenvalue weighted by molar-refractivity contribution is 5.86. The number of carbonyl (C=O) groups excluding carboxylic acids is 1. The summed E-state index contributed by atoms with van der Waals surface area (Å²) in [6.07, 6.45) is 1.76. The third-order valence-corrected chi connectivity index (χ3v) is 5.25. The van der Waals surface area contributed by atoms with Crippen LogP contribution in [-0.4, -0.2) is 67.6 Å². The summed E-state index contributed by atoms with van der Waals surface area (Å²) >= 11 is 0. The lowest BCUT2D eigenvalue weighted by molar-refractivity contribution is -0.141. The highest BCUT2D eigenvalue weighted by atomic mass is 16.2. The second-order valence-electron chi connectivity index (χ2n) is 6.64. The molecule has 126 valence electrons. The molecule has 0 bridgehead atoms. The van der Waals surface area contributed by atoms with Gasteiger partial charge in [0.1, 0.15) is 5.54 Å². The van der Waals surface area contributed by atoms with Crippen molar-refractivity contribution in [1.82, 2.24) is 20.4 Å².